The Kier molecular flexibility index (Phi) is 3.69. The summed E-state index contributed by atoms with van der Waals surface area (Å²) in [4.78, 5) is 0. The lowest BCUT2D eigenvalue weighted by Gasteiger charge is -2.26. The maximum absolute atomic E-state index is 13.0. The number of benzene rings is 2. The third-order valence-corrected chi connectivity index (χ3v) is 4.72. The van der Waals surface area contributed by atoms with E-state index in [-0.39, 0.29) is 5.82 Å². The first-order valence-electron chi connectivity index (χ1n) is 7.86. The molecule has 1 N–H and O–H groups in total. The van der Waals surface area contributed by atoms with Gasteiger partial charge >= 0.3 is 0 Å². The SMILES string of the molecule is Fc1ccc(CNc2cc(Cl)cc3c2cnn3C2CCC2)cc1. The van der Waals surface area contributed by atoms with Gasteiger partial charge in [0.25, 0.3) is 0 Å². The topological polar surface area (TPSA) is 29.9 Å². The number of fused-ring (bicyclic) bond motifs is 1. The number of hydrogen-bond donors (Lipinski definition) is 1. The Labute approximate surface area is 139 Å². The van der Waals surface area contributed by atoms with Crippen LogP contribution in [-0.4, -0.2) is 9.78 Å². The van der Waals surface area contributed by atoms with Gasteiger partial charge in [0.05, 0.1) is 17.8 Å². The van der Waals surface area contributed by atoms with E-state index in [2.05, 4.69) is 15.1 Å². The summed E-state index contributed by atoms with van der Waals surface area (Å²) in [7, 11) is 0. The van der Waals surface area contributed by atoms with Crippen molar-refractivity contribution in [2.45, 2.75) is 31.8 Å². The number of nitrogens with one attached hydrogen (secondary N) is 1. The molecule has 1 fully saturated rings. The Hall–Kier alpha value is -2.07. The summed E-state index contributed by atoms with van der Waals surface area (Å²) in [6, 6.07) is 10.9. The first-order chi connectivity index (χ1) is 11.2. The molecule has 4 rings (SSSR count). The molecule has 0 amide bonds. The maximum atomic E-state index is 13.0. The van der Waals surface area contributed by atoms with Crippen LogP contribution in [0.1, 0.15) is 30.9 Å². The third-order valence-electron chi connectivity index (χ3n) is 4.50. The van der Waals surface area contributed by atoms with Gasteiger partial charge in [-0.25, -0.2) is 4.39 Å². The van der Waals surface area contributed by atoms with Crippen molar-refractivity contribution >= 4 is 28.2 Å². The van der Waals surface area contributed by atoms with Crippen LogP contribution in [0.3, 0.4) is 0 Å². The first kappa shape index (κ1) is 14.5. The highest BCUT2D eigenvalue weighted by molar-refractivity contribution is 6.31. The molecule has 0 radical (unpaired) electrons. The number of hydrogen-bond acceptors (Lipinski definition) is 2. The summed E-state index contributed by atoms with van der Waals surface area (Å²) in [5.41, 5.74) is 3.05. The zero-order valence-electron chi connectivity index (χ0n) is 12.6. The highest BCUT2D eigenvalue weighted by Crippen LogP contribution is 2.36. The fourth-order valence-electron chi connectivity index (χ4n) is 2.98. The third kappa shape index (κ3) is 2.79. The average Bonchev–Trinajstić information content (AvgIpc) is 2.88. The Morgan fingerprint density at radius 2 is 2.00 bits per heavy atom. The van der Waals surface area contributed by atoms with E-state index in [1.54, 1.807) is 12.1 Å². The van der Waals surface area contributed by atoms with Gasteiger partial charge in [0.2, 0.25) is 0 Å². The van der Waals surface area contributed by atoms with E-state index in [0.29, 0.717) is 17.6 Å². The van der Waals surface area contributed by atoms with Crippen LogP contribution in [0.5, 0.6) is 0 Å². The molecule has 0 saturated heterocycles. The Bertz CT molecular complexity index is 837. The molecular weight excluding hydrogens is 313 g/mol. The molecule has 3 nitrogen and oxygen atoms in total. The average molecular weight is 330 g/mol. The van der Waals surface area contributed by atoms with E-state index < -0.39 is 0 Å². The molecule has 0 unspecified atom stereocenters. The minimum atomic E-state index is -0.222. The van der Waals surface area contributed by atoms with E-state index >= 15 is 0 Å². The summed E-state index contributed by atoms with van der Waals surface area (Å²) in [6.07, 6.45) is 5.53. The fourth-order valence-corrected chi connectivity index (χ4v) is 3.19. The molecule has 0 bridgehead atoms. The van der Waals surface area contributed by atoms with Gasteiger partial charge in [-0.15, -0.1) is 0 Å². The van der Waals surface area contributed by atoms with Gasteiger partial charge in [0.15, 0.2) is 0 Å². The minimum Gasteiger partial charge on any atom is -0.380 e. The molecule has 0 aliphatic heterocycles. The first-order valence-corrected chi connectivity index (χ1v) is 8.23. The largest absolute Gasteiger partial charge is 0.380 e. The molecule has 1 aliphatic rings. The van der Waals surface area contributed by atoms with Crippen LogP contribution in [0, 0.1) is 5.82 Å². The minimum absolute atomic E-state index is 0.222. The van der Waals surface area contributed by atoms with Crippen LogP contribution in [0.2, 0.25) is 5.02 Å². The molecule has 5 heteroatoms. The van der Waals surface area contributed by atoms with Crippen molar-refractivity contribution < 1.29 is 4.39 Å². The van der Waals surface area contributed by atoms with Gasteiger partial charge < -0.3 is 5.32 Å². The van der Waals surface area contributed by atoms with Crippen LogP contribution in [-0.2, 0) is 6.54 Å². The lowest BCUT2D eigenvalue weighted by Crippen LogP contribution is -2.17. The van der Waals surface area contributed by atoms with Crippen LogP contribution in [0.15, 0.2) is 42.6 Å². The second-order valence-corrected chi connectivity index (χ2v) is 6.48. The second kappa shape index (κ2) is 5.85. The van der Waals surface area contributed by atoms with Crippen molar-refractivity contribution in [2.75, 3.05) is 5.32 Å². The second-order valence-electron chi connectivity index (χ2n) is 6.04. The monoisotopic (exact) mass is 329 g/mol. The van der Waals surface area contributed by atoms with E-state index in [1.165, 1.54) is 31.4 Å². The molecule has 1 saturated carbocycles. The lowest BCUT2D eigenvalue weighted by atomic mass is 9.93. The van der Waals surface area contributed by atoms with Crippen LogP contribution in [0.25, 0.3) is 10.9 Å². The van der Waals surface area contributed by atoms with Crippen molar-refractivity contribution in [3.8, 4) is 0 Å². The summed E-state index contributed by atoms with van der Waals surface area (Å²) < 4.78 is 15.1. The molecule has 0 spiro atoms. The van der Waals surface area contributed by atoms with Gasteiger partial charge in [-0.1, -0.05) is 23.7 Å². The summed E-state index contributed by atoms with van der Waals surface area (Å²) in [5.74, 6) is -0.222. The van der Waals surface area contributed by atoms with Crippen molar-refractivity contribution in [3.05, 3.63) is 59.0 Å². The van der Waals surface area contributed by atoms with Crippen molar-refractivity contribution in [1.82, 2.24) is 9.78 Å². The summed E-state index contributed by atoms with van der Waals surface area (Å²) >= 11 is 6.29. The van der Waals surface area contributed by atoms with Crippen molar-refractivity contribution in [2.24, 2.45) is 0 Å². The van der Waals surface area contributed by atoms with Crippen molar-refractivity contribution in [1.29, 1.82) is 0 Å². The Morgan fingerprint density at radius 1 is 1.22 bits per heavy atom. The number of aromatic nitrogens is 2. The molecule has 118 valence electrons. The van der Waals surface area contributed by atoms with Gasteiger partial charge in [0.1, 0.15) is 5.82 Å². The highest BCUT2D eigenvalue weighted by atomic mass is 35.5. The molecule has 1 aromatic heterocycles. The van der Waals surface area contributed by atoms with E-state index in [4.69, 9.17) is 11.6 Å². The Balaban J connectivity index is 1.63. The number of rotatable bonds is 4. The predicted molar refractivity (Wildman–Crippen MR) is 91.4 cm³/mol. The number of halogens is 2. The highest BCUT2D eigenvalue weighted by Gasteiger charge is 2.22. The van der Waals surface area contributed by atoms with Crippen LogP contribution < -0.4 is 5.32 Å². The molecule has 23 heavy (non-hydrogen) atoms. The van der Waals surface area contributed by atoms with Crippen LogP contribution in [0.4, 0.5) is 10.1 Å². The predicted octanol–water partition coefficient (Wildman–Crippen LogP) is 5.17. The van der Waals surface area contributed by atoms with Gasteiger partial charge in [-0.05, 0) is 49.1 Å². The maximum Gasteiger partial charge on any atom is 0.123 e. The molecule has 1 heterocycles. The smallest absolute Gasteiger partial charge is 0.123 e. The summed E-state index contributed by atoms with van der Waals surface area (Å²) in [5, 5.41) is 9.71. The standard InChI is InChI=1S/C18H17ClFN3/c19-13-8-17(21-10-12-4-6-14(20)7-5-12)16-11-22-23(18(16)9-13)15-2-1-3-15/h4-9,11,15,21H,1-3,10H2. The Morgan fingerprint density at radius 3 is 2.70 bits per heavy atom. The van der Waals surface area contributed by atoms with Gasteiger partial charge in [0, 0.05) is 22.6 Å². The van der Waals surface area contributed by atoms with E-state index in [1.807, 2.05) is 18.3 Å². The zero-order valence-corrected chi connectivity index (χ0v) is 13.4. The van der Waals surface area contributed by atoms with Gasteiger partial charge in [-0.2, -0.15) is 5.10 Å². The molecule has 0 atom stereocenters. The van der Waals surface area contributed by atoms with E-state index in [9.17, 15) is 4.39 Å². The molecule has 2 aromatic carbocycles. The zero-order chi connectivity index (χ0) is 15.8. The number of nitrogens with zero attached hydrogens (tertiary/aromatic N) is 2. The quantitative estimate of drug-likeness (QED) is 0.716. The molecular formula is C18H17ClFN3. The summed E-state index contributed by atoms with van der Waals surface area (Å²) in [6.45, 7) is 0.615. The lowest BCUT2D eigenvalue weighted by molar-refractivity contribution is 0.297. The fraction of sp³-hybridized carbons (Fsp3) is 0.278. The molecule has 3 aromatic rings. The molecule has 1 aliphatic carbocycles. The number of anilines is 1. The van der Waals surface area contributed by atoms with Crippen LogP contribution >= 0.6 is 11.6 Å². The van der Waals surface area contributed by atoms with Gasteiger partial charge in [-0.3, -0.25) is 4.68 Å². The van der Waals surface area contributed by atoms with E-state index in [0.717, 1.165) is 22.2 Å². The van der Waals surface area contributed by atoms with Crippen molar-refractivity contribution in [3.63, 3.8) is 0 Å². The normalized spacial score (nSPS) is 14.9.